The van der Waals surface area contributed by atoms with Crippen molar-refractivity contribution in [2.24, 2.45) is 5.73 Å². The second kappa shape index (κ2) is 9.65. The first kappa shape index (κ1) is 19.5. The monoisotopic (exact) mass is 381 g/mol. The highest BCUT2D eigenvalue weighted by Crippen LogP contribution is 2.24. The van der Waals surface area contributed by atoms with E-state index in [9.17, 15) is 4.79 Å². The van der Waals surface area contributed by atoms with Gasteiger partial charge < -0.3 is 16.0 Å². The number of thiophene rings is 1. The van der Waals surface area contributed by atoms with Crippen molar-refractivity contribution in [1.29, 1.82) is 0 Å². The summed E-state index contributed by atoms with van der Waals surface area (Å²) in [4.78, 5) is 15.4. The van der Waals surface area contributed by atoms with Crippen LogP contribution in [0.2, 0.25) is 0 Å². The van der Waals surface area contributed by atoms with Crippen LogP contribution in [0.15, 0.2) is 54.6 Å². The molecule has 3 aromatic rings. The lowest BCUT2D eigenvalue weighted by Crippen LogP contribution is -2.33. The Kier molecular flexibility index (Phi) is 6.98. The second-order valence-corrected chi connectivity index (χ2v) is 7.92. The summed E-state index contributed by atoms with van der Waals surface area (Å²) in [6.07, 6.45) is 2.16. The van der Waals surface area contributed by atoms with Crippen molar-refractivity contribution in [1.82, 2.24) is 10.2 Å². The van der Waals surface area contributed by atoms with E-state index in [4.69, 9.17) is 5.73 Å². The SMILES string of the molecule is CN(CCCc1ccc(CN)cc1)CCNC(=O)c1cc2ccccc2s1. The third-order valence-corrected chi connectivity index (χ3v) is 5.81. The zero-order valence-electron chi connectivity index (χ0n) is 15.8. The molecule has 5 heteroatoms. The van der Waals surface area contributed by atoms with Gasteiger partial charge in [-0.2, -0.15) is 0 Å². The molecule has 0 bridgehead atoms. The van der Waals surface area contributed by atoms with E-state index in [1.807, 2.05) is 30.3 Å². The van der Waals surface area contributed by atoms with Crippen molar-refractivity contribution in [3.63, 3.8) is 0 Å². The first-order chi connectivity index (χ1) is 13.2. The lowest BCUT2D eigenvalue weighted by Gasteiger charge is -2.16. The summed E-state index contributed by atoms with van der Waals surface area (Å²) in [6.45, 7) is 3.12. The van der Waals surface area contributed by atoms with Crippen LogP contribution in [0.1, 0.15) is 27.2 Å². The molecule has 3 N–H and O–H groups in total. The molecule has 0 unspecified atom stereocenters. The molecule has 3 rings (SSSR count). The number of carbonyl (C=O) groups excluding carboxylic acids is 1. The third-order valence-electron chi connectivity index (χ3n) is 4.69. The standard InChI is InChI=1S/C22H27N3OS/c1-25(13-4-5-17-8-10-18(16-23)11-9-17)14-12-24-22(26)21-15-19-6-2-3-7-20(19)27-21/h2-3,6-11,15H,4-5,12-14,16,23H2,1H3,(H,24,26). The number of amides is 1. The Morgan fingerprint density at radius 1 is 1.07 bits per heavy atom. The van der Waals surface area contributed by atoms with Crippen LogP contribution in [-0.2, 0) is 13.0 Å². The summed E-state index contributed by atoms with van der Waals surface area (Å²) in [7, 11) is 2.10. The van der Waals surface area contributed by atoms with E-state index < -0.39 is 0 Å². The highest BCUT2D eigenvalue weighted by molar-refractivity contribution is 7.20. The third kappa shape index (κ3) is 5.63. The molecule has 0 atom stereocenters. The maximum atomic E-state index is 12.3. The molecule has 0 aliphatic carbocycles. The number of nitrogens with two attached hydrogens (primary N) is 1. The van der Waals surface area contributed by atoms with Gasteiger partial charge in [0.1, 0.15) is 0 Å². The van der Waals surface area contributed by atoms with Gasteiger partial charge in [-0.1, -0.05) is 42.5 Å². The number of hydrogen-bond acceptors (Lipinski definition) is 4. The number of nitrogens with one attached hydrogen (secondary N) is 1. The Morgan fingerprint density at radius 2 is 1.81 bits per heavy atom. The van der Waals surface area contributed by atoms with Crippen molar-refractivity contribution >= 4 is 27.3 Å². The zero-order chi connectivity index (χ0) is 19.1. The molecule has 4 nitrogen and oxygen atoms in total. The minimum Gasteiger partial charge on any atom is -0.350 e. The Balaban J connectivity index is 1.36. The van der Waals surface area contributed by atoms with Gasteiger partial charge in [0.05, 0.1) is 4.88 Å². The quantitative estimate of drug-likeness (QED) is 0.595. The van der Waals surface area contributed by atoms with Gasteiger partial charge in [0.15, 0.2) is 0 Å². The Hall–Kier alpha value is -2.21. The summed E-state index contributed by atoms with van der Waals surface area (Å²) < 4.78 is 1.15. The van der Waals surface area contributed by atoms with Crippen LogP contribution >= 0.6 is 11.3 Å². The van der Waals surface area contributed by atoms with Crippen LogP contribution in [0, 0.1) is 0 Å². The molecule has 27 heavy (non-hydrogen) atoms. The topological polar surface area (TPSA) is 58.4 Å². The maximum absolute atomic E-state index is 12.3. The van der Waals surface area contributed by atoms with Gasteiger partial charge in [-0.15, -0.1) is 11.3 Å². The Bertz CT molecular complexity index is 840. The van der Waals surface area contributed by atoms with E-state index in [1.165, 1.54) is 11.1 Å². The molecule has 1 aromatic heterocycles. The number of likely N-dealkylation sites (N-methyl/N-ethyl adjacent to an activating group) is 1. The van der Waals surface area contributed by atoms with E-state index in [-0.39, 0.29) is 5.91 Å². The average Bonchev–Trinajstić information content (AvgIpc) is 3.13. The Morgan fingerprint density at radius 3 is 2.56 bits per heavy atom. The van der Waals surface area contributed by atoms with Gasteiger partial charge in [0.2, 0.25) is 0 Å². The van der Waals surface area contributed by atoms with Gasteiger partial charge in [0.25, 0.3) is 5.91 Å². The summed E-state index contributed by atoms with van der Waals surface area (Å²) in [5.74, 6) is 0.0181. The van der Waals surface area contributed by atoms with E-state index in [0.29, 0.717) is 13.1 Å². The normalized spacial score (nSPS) is 11.2. The van der Waals surface area contributed by atoms with E-state index in [1.54, 1.807) is 11.3 Å². The molecular weight excluding hydrogens is 354 g/mol. The van der Waals surface area contributed by atoms with Gasteiger partial charge in [-0.3, -0.25) is 4.79 Å². The van der Waals surface area contributed by atoms with E-state index in [2.05, 4.69) is 41.5 Å². The fraction of sp³-hybridized carbons (Fsp3) is 0.318. The smallest absolute Gasteiger partial charge is 0.261 e. The second-order valence-electron chi connectivity index (χ2n) is 6.83. The Labute approximate surface area is 165 Å². The lowest BCUT2D eigenvalue weighted by molar-refractivity contribution is 0.0954. The summed E-state index contributed by atoms with van der Waals surface area (Å²) >= 11 is 1.54. The molecule has 0 spiro atoms. The van der Waals surface area contributed by atoms with Crippen molar-refractivity contribution in [3.8, 4) is 0 Å². The van der Waals surface area contributed by atoms with E-state index >= 15 is 0 Å². The number of benzene rings is 2. The molecule has 142 valence electrons. The van der Waals surface area contributed by atoms with Crippen molar-refractivity contribution in [2.75, 3.05) is 26.7 Å². The lowest BCUT2D eigenvalue weighted by atomic mass is 10.1. The summed E-state index contributed by atoms with van der Waals surface area (Å²) in [5.41, 5.74) is 8.15. The first-order valence-corrected chi connectivity index (χ1v) is 10.2. The van der Waals surface area contributed by atoms with Crippen LogP contribution in [0.4, 0.5) is 0 Å². The molecule has 0 saturated heterocycles. The van der Waals surface area contributed by atoms with Crippen LogP contribution in [-0.4, -0.2) is 37.5 Å². The fourth-order valence-corrected chi connectivity index (χ4v) is 4.03. The molecule has 2 aromatic carbocycles. The number of nitrogens with zero attached hydrogens (tertiary/aromatic N) is 1. The number of rotatable bonds is 9. The average molecular weight is 382 g/mol. The van der Waals surface area contributed by atoms with Gasteiger partial charge in [-0.25, -0.2) is 0 Å². The fourth-order valence-electron chi connectivity index (χ4n) is 3.05. The number of aryl methyl sites for hydroxylation is 1. The zero-order valence-corrected chi connectivity index (χ0v) is 16.6. The molecule has 1 amide bonds. The van der Waals surface area contributed by atoms with E-state index in [0.717, 1.165) is 40.9 Å². The molecule has 0 aliphatic heterocycles. The number of fused-ring (bicyclic) bond motifs is 1. The highest BCUT2D eigenvalue weighted by Gasteiger charge is 2.09. The van der Waals surface area contributed by atoms with Crippen molar-refractivity contribution in [3.05, 3.63) is 70.6 Å². The van der Waals surface area contributed by atoms with Crippen LogP contribution in [0.5, 0.6) is 0 Å². The molecule has 0 saturated carbocycles. The largest absolute Gasteiger partial charge is 0.350 e. The maximum Gasteiger partial charge on any atom is 0.261 e. The predicted molar refractivity (Wildman–Crippen MR) is 114 cm³/mol. The highest BCUT2D eigenvalue weighted by atomic mass is 32.1. The minimum atomic E-state index is 0.0181. The summed E-state index contributed by atoms with van der Waals surface area (Å²) in [6, 6.07) is 18.6. The summed E-state index contributed by atoms with van der Waals surface area (Å²) in [5, 5.41) is 4.16. The predicted octanol–water partition coefficient (Wildman–Crippen LogP) is 3.65. The van der Waals surface area contributed by atoms with Crippen LogP contribution < -0.4 is 11.1 Å². The molecule has 0 aliphatic rings. The molecule has 0 fully saturated rings. The van der Waals surface area contributed by atoms with Crippen LogP contribution in [0.3, 0.4) is 0 Å². The molecule has 1 heterocycles. The van der Waals surface area contributed by atoms with Gasteiger partial charge in [-0.05, 0) is 55.1 Å². The number of hydrogen-bond donors (Lipinski definition) is 2. The minimum absolute atomic E-state index is 0.0181. The van der Waals surface area contributed by atoms with Gasteiger partial charge in [0, 0.05) is 24.3 Å². The number of carbonyl (C=O) groups is 1. The van der Waals surface area contributed by atoms with Crippen molar-refractivity contribution in [2.45, 2.75) is 19.4 Å². The van der Waals surface area contributed by atoms with Crippen molar-refractivity contribution < 1.29 is 4.79 Å². The molecular formula is C22H27N3OS. The van der Waals surface area contributed by atoms with Gasteiger partial charge >= 0.3 is 0 Å². The first-order valence-electron chi connectivity index (χ1n) is 9.39. The van der Waals surface area contributed by atoms with Crippen LogP contribution in [0.25, 0.3) is 10.1 Å². The molecule has 0 radical (unpaired) electrons.